The number of carbonyl (C=O) groups excluding carboxylic acids is 3. The largest absolute Gasteiger partial charge is 0.449 e. The first-order valence-electron chi connectivity index (χ1n) is 9.45. The minimum absolute atomic E-state index is 0.00994. The van der Waals surface area contributed by atoms with E-state index in [-0.39, 0.29) is 29.5 Å². The maximum Gasteiger partial charge on any atom is 0.341 e. The first-order chi connectivity index (χ1) is 13.1. The highest BCUT2D eigenvalue weighted by atomic mass is 16.5. The number of amides is 2. The van der Waals surface area contributed by atoms with Crippen LogP contribution < -0.4 is 5.32 Å². The number of carbonyl (C=O) groups is 3. The van der Waals surface area contributed by atoms with Gasteiger partial charge < -0.3 is 15.0 Å². The highest BCUT2D eigenvalue weighted by molar-refractivity contribution is 6.06. The Bertz CT molecular complexity index is 881. The molecular weight excluding hydrogens is 356 g/mol. The average Bonchev–Trinajstić information content (AvgIpc) is 2.59. The smallest absolute Gasteiger partial charge is 0.341 e. The van der Waals surface area contributed by atoms with E-state index in [0.29, 0.717) is 5.69 Å². The van der Waals surface area contributed by atoms with Crippen LogP contribution in [-0.4, -0.2) is 40.9 Å². The summed E-state index contributed by atoms with van der Waals surface area (Å²) in [4.78, 5) is 38.8. The van der Waals surface area contributed by atoms with E-state index < -0.39 is 12.1 Å². The van der Waals surface area contributed by atoms with E-state index in [0.717, 1.165) is 10.8 Å². The molecule has 6 nitrogen and oxygen atoms in total. The molecule has 0 bridgehead atoms. The molecule has 0 fully saturated rings. The third-order valence-electron chi connectivity index (χ3n) is 4.42. The number of esters is 1. The van der Waals surface area contributed by atoms with Gasteiger partial charge in [0, 0.05) is 19.0 Å². The fraction of sp³-hybridized carbons (Fsp3) is 0.409. The van der Waals surface area contributed by atoms with Gasteiger partial charge in [-0.15, -0.1) is 0 Å². The van der Waals surface area contributed by atoms with Crippen LogP contribution in [-0.2, 0) is 14.3 Å². The number of hydrogen-bond donors (Lipinski definition) is 1. The Morgan fingerprint density at radius 3 is 1.96 bits per heavy atom. The predicted molar refractivity (Wildman–Crippen MR) is 110 cm³/mol. The van der Waals surface area contributed by atoms with E-state index in [9.17, 15) is 14.4 Å². The second-order valence-corrected chi connectivity index (χ2v) is 7.41. The topological polar surface area (TPSA) is 75.7 Å². The van der Waals surface area contributed by atoms with Gasteiger partial charge in [-0.1, -0.05) is 24.3 Å². The van der Waals surface area contributed by atoms with Gasteiger partial charge in [-0.3, -0.25) is 9.59 Å². The van der Waals surface area contributed by atoms with E-state index in [1.165, 1.54) is 6.92 Å². The highest BCUT2D eigenvalue weighted by Crippen LogP contribution is 2.25. The highest BCUT2D eigenvalue weighted by Gasteiger charge is 2.28. The Kier molecular flexibility index (Phi) is 6.78. The summed E-state index contributed by atoms with van der Waals surface area (Å²) in [6, 6.07) is 10.9. The molecule has 1 unspecified atom stereocenters. The molecule has 0 heterocycles. The SMILES string of the molecule is CC(=O)Nc1cc2ccccc2cc1C(=O)OC(C)C(=O)N(C(C)C)C(C)C. The monoisotopic (exact) mass is 384 g/mol. The zero-order valence-electron chi connectivity index (χ0n) is 17.3. The van der Waals surface area contributed by atoms with Gasteiger partial charge in [0.1, 0.15) is 0 Å². The van der Waals surface area contributed by atoms with E-state index in [1.807, 2.05) is 52.0 Å². The maximum absolute atomic E-state index is 12.8. The number of ether oxygens (including phenoxy) is 1. The molecule has 0 aliphatic rings. The van der Waals surface area contributed by atoms with Crippen LogP contribution in [0.5, 0.6) is 0 Å². The van der Waals surface area contributed by atoms with E-state index in [2.05, 4.69) is 5.32 Å². The molecule has 2 amide bonds. The van der Waals surface area contributed by atoms with Crippen molar-refractivity contribution in [3.63, 3.8) is 0 Å². The second kappa shape index (κ2) is 8.87. The van der Waals surface area contributed by atoms with Crippen LogP contribution >= 0.6 is 0 Å². The summed E-state index contributed by atoms with van der Waals surface area (Å²) in [6.07, 6.45) is -0.936. The zero-order valence-corrected chi connectivity index (χ0v) is 17.3. The normalized spacial score (nSPS) is 12.1. The molecule has 2 aromatic rings. The fourth-order valence-corrected chi connectivity index (χ4v) is 3.29. The third kappa shape index (κ3) is 4.88. The fourth-order valence-electron chi connectivity index (χ4n) is 3.29. The van der Waals surface area contributed by atoms with Gasteiger partial charge in [0.05, 0.1) is 11.3 Å². The van der Waals surface area contributed by atoms with E-state index in [1.54, 1.807) is 24.0 Å². The minimum Gasteiger partial charge on any atom is -0.449 e. The number of nitrogens with one attached hydrogen (secondary N) is 1. The average molecular weight is 384 g/mol. The van der Waals surface area contributed by atoms with Gasteiger partial charge in [0.25, 0.3) is 5.91 Å². The van der Waals surface area contributed by atoms with Gasteiger partial charge in [0.15, 0.2) is 6.10 Å². The predicted octanol–water partition coefficient (Wildman–Crippen LogP) is 3.99. The van der Waals surface area contributed by atoms with Crippen LogP contribution in [0.25, 0.3) is 10.8 Å². The first kappa shape index (κ1) is 21.4. The Morgan fingerprint density at radius 2 is 1.46 bits per heavy atom. The number of anilines is 1. The lowest BCUT2D eigenvalue weighted by Gasteiger charge is -2.32. The van der Waals surface area contributed by atoms with Gasteiger partial charge in [0.2, 0.25) is 5.91 Å². The molecule has 0 saturated carbocycles. The first-order valence-corrected chi connectivity index (χ1v) is 9.45. The molecule has 150 valence electrons. The summed E-state index contributed by atoms with van der Waals surface area (Å²) in [7, 11) is 0. The number of rotatable bonds is 6. The Morgan fingerprint density at radius 1 is 0.929 bits per heavy atom. The van der Waals surface area contributed by atoms with Crippen molar-refractivity contribution in [1.29, 1.82) is 0 Å². The molecule has 0 aliphatic heterocycles. The molecule has 28 heavy (non-hydrogen) atoms. The minimum atomic E-state index is -0.936. The molecule has 6 heteroatoms. The van der Waals surface area contributed by atoms with Gasteiger partial charge >= 0.3 is 5.97 Å². The Balaban J connectivity index is 2.33. The Hall–Kier alpha value is -2.89. The van der Waals surface area contributed by atoms with Crippen LogP contribution in [0.1, 0.15) is 51.9 Å². The quantitative estimate of drug-likeness (QED) is 0.764. The lowest BCUT2D eigenvalue weighted by molar-refractivity contribution is -0.143. The second-order valence-electron chi connectivity index (χ2n) is 7.41. The number of hydrogen-bond acceptors (Lipinski definition) is 4. The van der Waals surface area contributed by atoms with Crippen LogP contribution in [0.3, 0.4) is 0 Å². The van der Waals surface area contributed by atoms with Crippen LogP contribution in [0.4, 0.5) is 5.69 Å². The van der Waals surface area contributed by atoms with Crippen molar-refractivity contribution in [1.82, 2.24) is 4.90 Å². The Labute approximate surface area is 165 Å². The van der Waals surface area contributed by atoms with Crippen molar-refractivity contribution in [2.24, 2.45) is 0 Å². The van der Waals surface area contributed by atoms with Crippen LogP contribution in [0, 0.1) is 0 Å². The van der Waals surface area contributed by atoms with Crippen molar-refractivity contribution in [3.05, 3.63) is 42.0 Å². The van der Waals surface area contributed by atoms with Gasteiger partial charge in [-0.25, -0.2) is 4.79 Å². The van der Waals surface area contributed by atoms with Crippen molar-refractivity contribution in [2.45, 2.75) is 59.7 Å². The molecule has 0 aliphatic carbocycles. The van der Waals surface area contributed by atoms with Gasteiger partial charge in [-0.05, 0) is 57.5 Å². The van der Waals surface area contributed by atoms with Crippen molar-refractivity contribution in [3.8, 4) is 0 Å². The lowest BCUT2D eigenvalue weighted by Crippen LogP contribution is -2.47. The van der Waals surface area contributed by atoms with Crippen LogP contribution in [0.15, 0.2) is 36.4 Å². The standard InChI is InChI=1S/C22H28N2O4/c1-13(2)24(14(3)4)21(26)15(5)28-22(27)19-11-17-9-7-8-10-18(17)12-20(19)23-16(6)25/h7-15H,1-6H3,(H,23,25). The molecule has 2 rings (SSSR count). The van der Waals surface area contributed by atoms with Crippen molar-refractivity contribution in [2.75, 3.05) is 5.32 Å². The number of nitrogens with zero attached hydrogens (tertiary/aromatic N) is 1. The van der Waals surface area contributed by atoms with Crippen LogP contribution in [0.2, 0.25) is 0 Å². The molecule has 1 atom stereocenters. The molecule has 0 spiro atoms. The van der Waals surface area contributed by atoms with E-state index in [4.69, 9.17) is 4.74 Å². The van der Waals surface area contributed by atoms with Crippen molar-refractivity contribution >= 4 is 34.2 Å². The van der Waals surface area contributed by atoms with Gasteiger partial charge in [-0.2, -0.15) is 0 Å². The summed E-state index contributed by atoms with van der Waals surface area (Å²) in [6.45, 7) is 10.6. The number of fused-ring (bicyclic) bond motifs is 1. The third-order valence-corrected chi connectivity index (χ3v) is 4.42. The molecule has 0 aromatic heterocycles. The van der Waals surface area contributed by atoms with E-state index >= 15 is 0 Å². The molecule has 0 radical (unpaired) electrons. The molecule has 0 saturated heterocycles. The summed E-state index contributed by atoms with van der Waals surface area (Å²) in [5.41, 5.74) is 0.578. The maximum atomic E-state index is 12.8. The molecule has 1 N–H and O–H groups in total. The lowest BCUT2D eigenvalue weighted by atomic mass is 10.0. The summed E-state index contributed by atoms with van der Waals surface area (Å²) in [5.74, 6) is -1.19. The molecule has 2 aromatic carbocycles. The zero-order chi connectivity index (χ0) is 21.0. The summed E-state index contributed by atoms with van der Waals surface area (Å²) >= 11 is 0. The van der Waals surface area contributed by atoms with Crippen molar-refractivity contribution < 1.29 is 19.1 Å². The number of benzene rings is 2. The molecular formula is C22H28N2O4. The summed E-state index contributed by atoms with van der Waals surface area (Å²) in [5, 5.41) is 4.40. The summed E-state index contributed by atoms with van der Waals surface area (Å²) < 4.78 is 5.47.